The van der Waals surface area contributed by atoms with Gasteiger partial charge in [-0.15, -0.1) is 0 Å². The zero-order valence-electron chi connectivity index (χ0n) is 12.7. The quantitative estimate of drug-likeness (QED) is 0.741. The molecule has 0 spiro atoms. The summed E-state index contributed by atoms with van der Waals surface area (Å²) in [5.41, 5.74) is 0.209. The number of urea groups is 1. The molecule has 0 aliphatic heterocycles. The van der Waals surface area contributed by atoms with Crippen molar-refractivity contribution in [1.29, 1.82) is 0 Å². The van der Waals surface area contributed by atoms with Crippen LogP contribution in [0.2, 0.25) is 5.02 Å². The van der Waals surface area contributed by atoms with Gasteiger partial charge in [-0.05, 0) is 31.5 Å². The molecule has 23 heavy (non-hydrogen) atoms. The molecule has 6 nitrogen and oxygen atoms in total. The molecule has 126 valence electrons. The first-order valence-corrected chi connectivity index (χ1v) is 7.75. The van der Waals surface area contributed by atoms with Crippen molar-refractivity contribution in [2.75, 3.05) is 18.4 Å². The molecule has 0 atom stereocenters. The van der Waals surface area contributed by atoms with Crippen LogP contribution in [0.15, 0.2) is 18.2 Å². The molecule has 0 aromatic heterocycles. The summed E-state index contributed by atoms with van der Waals surface area (Å²) in [7, 11) is 0. The number of benzene rings is 1. The fourth-order valence-corrected chi connectivity index (χ4v) is 2.79. The first kappa shape index (κ1) is 17.5. The maximum atomic E-state index is 13.3. The smallest absolute Gasteiger partial charge is 0.319 e. The number of halogens is 2. The highest BCUT2D eigenvalue weighted by Crippen LogP contribution is 2.27. The summed E-state index contributed by atoms with van der Waals surface area (Å²) in [6.45, 7) is 2.55. The standard InChI is InChI=1S/C15H19ClFN3O3/c1-2-20(8-13(21)22)10-6-9(7-10)18-15(23)19-12-5-3-4-11(17)14(12)16/h3-5,9-10H,2,6-8H2,1H3,(H,21,22)(H2,18,19,23). The molecular weight excluding hydrogens is 325 g/mol. The van der Waals surface area contributed by atoms with Crippen molar-refractivity contribution in [3.8, 4) is 0 Å². The molecule has 1 aliphatic rings. The van der Waals surface area contributed by atoms with Crippen LogP contribution in [0.1, 0.15) is 19.8 Å². The summed E-state index contributed by atoms with van der Waals surface area (Å²) in [6, 6.07) is 3.85. The largest absolute Gasteiger partial charge is 0.480 e. The topological polar surface area (TPSA) is 81.7 Å². The minimum absolute atomic E-state index is 0.00101. The predicted molar refractivity (Wildman–Crippen MR) is 85.3 cm³/mol. The van der Waals surface area contributed by atoms with Crippen LogP contribution >= 0.6 is 11.6 Å². The predicted octanol–water partition coefficient (Wildman–Crippen LogP) is 2.54. The summed E-state index contributed by atoms with van der Waals surface area (Å²) < 4.78 is 13.3. The average Bonchev–Trinajstić information content (AvgIpc) is 2.45. The summed E-state index contributed by atoms with van der Waals surface area (Å²) >= 11 is 5.77. The molecule has 0 saturated heterocycles. The minimum atomic E-state index is -0.859. The van der Waals surface area contributed by atoms with Gasteiger partial charge >= 0.3 is 12.0 Å². The Kier molecular flexibility index (Phi) is 5.79. The van der Waals surface area contributed by atoms with E-state index in [9.17, 15) is 14.0 Å². The maximum absolute atomic E-state index is 13.3. The van der Waals surface area contributed by atoms with E-state index in [1.807, 2.05) is 11.8 Å². The van der Waals surface area contributed by atoms with Gasteiger partial charge in [-0.2, -0.15) is 0 Å². The molecule has 1 aromatic carbocycles. The molecule has 0 bridgehead atoms. The molecule has 0 radical (unpaired) electrons. The number of likely N-dealkylation sites (N-methyl/N-ethyl adjacent to an activating group) is 1. The van der Waals surface area contributed by atoms with Crippen molar-refractivity contribution >= 4 is 29.3 Å². The van der Waals surface area contributed by atoms with Crippen molar-refractivity contribution < 1.29 is 19.1 Å². The third-order valence-electron chi connectivity index (χ3n) is 3.91. The second-order valence-corrected chi connectivity index (χ2v) is 5.86. The van der Waals surface area contributed by atoms with Gasteiger partial charge in [0.05, 0.1) is 17.3 Å². The molecule has 0 heterocycles. The lowest BCUT2D eigenvalue weighted by Crippen LogP contribution is -2.55. The van der Waals surface area contributed by atoms with Gasteiger partial charge in [-0.25, -0.2) is 9.18 Å². The zero-order chi connectivity index (χ0) is 17.0. The number of anilines is 1. The minimum Gasteiger partial charge on any atom is -0.480 e. The van der Waals surface area contributed by atoms with Crippen LogP contribution in [0, 0.1) is 5.82 Å². The first-order valence-electron chi connectivity index (χ1n) is 7.38. The number of nitrogens with zero attached hydrogens (tertiary/aromatic N) is 1. The zero-order valence-corrected chi connectivity index (χ0v) is 13.4. The second-order valence-electron chi connectivity index (χ2n) is 5.48. The lowest BCUT2D eigenvalue weighted by Gasteiger charge is -2.42. The molecule has 2 rings (SSSR count). The van der Waals surface area contributed by atoms with Gasteiger partial charge in [0, 0.05) is 12.1 Å². The number of hydrogen-bond donors (Lipinski definition) is 3. The van der Waals surface area contributed by atoms with E-state index in [1.165, 1.54) is 18.2 Å². The third-order valence-corrected chi connectivity index (χ3v) is 4.29. The van der Waals surface area contributed by atoms with Crippen LogP contribution in [-0.2, 0) is 4.79 Å². The first-order chi connectivity index (χ1) is 10.9. The lowest BCUT2D eigenvalue weighted by molar-refractivity contribution is -0.139. The van der Waals surface area contributed by atoms with Crippen LogP contribution in [0.5, 0.6) is 0 Å². The van der Waals surface area contributed by atoms with E-state index in [0.29, 0.717) is 19.4 Å². The number of carbonyl (C=O) groups is 2. The van der Waals surface area contributed by atoms with Gasteiger partial charge in [0.1, 0.15) is 5.82 Å². The Morgan fingerprint density at radius 2 is 2.13 bits per heavy atom. The van der Waals surface area contributed by atoms with E-state index in [0.717, 1.165) is 0 Å². The summed E-state index contributed by atoms with van der Waals surface area (Å²) in [6.07, 6.45) is 1.37. The number of nitrogens with one attached hydrogen (secondary N) is 2. The van der Waals surface area contributed by atoms with E-state index in [4.69, 9.17) is 16.7 Å². The van der Waals surface area contributed by atoms with E-state index < -0.39 is 17.8 Å². The number of amides is 2. The van der Waals surface area contributed by atoms with Gasteiger partial charge in [0.15, 0.2) is 0 Å². The third kappa shape index (κ3) is 4.56. The van der Waals surface area contributed by atoms with Gasteiger partial charge in [0.25, 0.3) is 0 Å². The number of rotatable bonds is 6. The Morgan fingerprint density at radius 1 is 1.43 bits per heavy atom. The Balaban J connectivity index is 1.80. The molecular formula is C15H19ClFN3O3. The summed E-state index contributed by atoms with van der Waals surface area (Å²) in [5, 5.41) is 14.0. The van der Waals surface area contributed by atoms with Gasteiger partial charge in [-0.1, -0.05) is 24.6 Å². The Bertz CT molecular complexity index is 593. The van der Waals surface area contributed by atoms with Crippen molar-refractivity contribution in [3.05, 3.63) is 29.0 Å². The lowest BCUT2D eigenvalue weighted by atomic mass is 9.85. The average molecular weight is 344 g/mol. The van der Waals surface area contributed by atoms with E-state index in [2.05, 4.69) is 10.6 Å². The molecule has 1 aliphatic carbocycles. The fraction of sp³-hybridized carbons (Fsp3) is 0.467. The summed E-state index contributed by atoms with van der Waals surface area (Å²) in [4.78, 5) is 24.5. The highest BCUT2D eigenvalue weighted by atomic mass is 35.5. The van der Waals surface area contributed by atoms with Crippen LogP contribution in [0.3, 0.4) is 0 Å². The van der Waals surface area contributed by atoms with Crippen LogP contribution in [0.4, 0.5) is 14.9 Å². The van der Waals surface area contributed by atoms with E-state index in [-0.39, 0.29) is 29.3 Å². The van der Waals surface area contributed by atoms with Crippen LogP contribution in [-0.4, -0.2) is 47.2 Å². The normalized spacial score (nSPS) is 20.0. The van der Waals surface area contributed by atoms with Crippen molar-refractivity contribution in [3.63, 3.8) is 0 Å². The molecule has 3 N–H and O–H groups in total. The highest BCUT2D eigenvalue weighted by molar-refractivity contribution is 6.33. The molecule has 8 heteroatoms. The Hall–Kier alpha value is -1.86. The van der Waals surface area contributed by atoms with Crippen molar-refractivity contribution in [2.24, 2.45) is 0 Å². The monoisotopic (exact) mass is 343 g/mol. The van der Waals surface area contributed by atoms with Gasteiger partial charge in [0.2, 0.25) is 0 Å². The molecule has 1 aromatic rings. The number of hydrogen-bond acceptors (Lipinski definition) is 3. The Labute approximate surface area is 138 Å². The molecule has 1 saturated carbocycles. The van der Waals surface area contributed by atoms with Crippen molar-refractivity contribution in [2.45, 2.75) is 31.8 Å². The number of carbonyl (C=O) groups excluding carboxylic acids is 1. The molecule has 1 fully saturated rings. The fourth-order valence-electron chi connectivity index (χ4n) is 2.62. The van der Waals surface area contributed by atoms with Crippen molar-refractivity contribution in [1.82, 2.24) is 10.2 Å². The SMILES string of the molecule is CCN(CC(=O)O)C1CC(NC(=O)Nc2cccc(F)c2Cl)C1. The number of carboxylic acids is 1. The highest BCUT2D eigenvalue weighted by Gasteiger charge is 2.34. The maximum Gasteiger partial charge on any atom is 0.319 e. The molecule has 2 amide bonds. The number of carboxylic acid groups (broad SMARTS) is 1. The second kappa shape index (κ2) is 7.61. The van der Waals surface area contributed by atoms with Gasteiger partial charge < -0.3 is 15.7 Å². The van der Waals surface area contributed by atoms with E-state index >= 15 is 0 Å². The van der Waals surface area contributed by atoms with Crippen LogP contribution in [0.25, 0.3) is 0 Å². The van der Waals surface area contributed by atoms with E-state index in [1.54, 1.807) is 0 Å². The van der Waals surface area contributed by atoms with Crippen LogP contribution < -0.4 is 10.6 Å². The van der Waals surface area contributed by atoms with Gasteiger partial charge in [-0.3, -0.25) is 9.69 Å². The number of aliphatic carboxylic acids is 1. The summed E-state index contributed by atoms with van der Waals surface area (Å²) in [5.74, 6) is -1.46. The Morgan fingerprint density at radius 3 is 2.74 bits per heavy atom. The molecule has 0 unspecified atom stereocenters.